The second kappa shape index (κ2) is 7.05. The van der Waals surface area contributed by atoms with Gasteiger partial charge in [0.2, 0.25) is 5.88 Å². The summed E-state index contributed by atoms with van der Waals surface area (Å²) < 4.78 is 5.60. The lowest BCUT2D eigenvalue weighted by atomic mass is 10.3. The van der Waals surface area contributed by atoms with Crippen molar-refractivity contribution in [3.05, 3.63) is 66.7 Å². The van der Waals surface area contributed by atoms with Gasteiger partial charge in [-0.2, -0.15) is 4.98 Å². The molecule has 0 unspecified atom stereocenters. The Hall–Kier alpha value is -3.68. The number of ether oxygens (including phenoxy) is 1. The standard InChI is InChI=1S/C16H14N6O2/c17-13-14(21-22-15(23)12-8-4-5-9-18-12)19-10-20-16(13)24-11-6-2-1-3-7-11/h1-10H,17H2,(H,22,23)(H,19,20,21). The highest BCUT2D eigenvalue weighted by molar-refractivity contribution is 5.93. The van der Waals surface area contributed by atoms with Gasteiger partial charge in [0.1, 0.15) is 23.5 Å². The number of pyridine rings is 1. The van der Waals surface area contributed by atoms with E-state index in [4.69, 9.17) is 10.5 Å². The fourth-order valence-electron chi connectivity index (χ4n) is 1.84. The number of nitrogens with two attached hydrogens (primary N) is 1. The van der Waals surface area contributed by atoms with Gasteiger partial charge in [-0.25, -0.2) is 4.98 Å². The number of hydrogen-bond donors (Lipinski definition) is 3. The predicted octanol–water partition coefficient (Wildman–Crippen LogP) is 2.00. The highest BCUT2D eigenvalue weighted by Gasteiger charge is 2.12. The first kappa shape index (κ1) is 15.2. The fraction of sp³-hybridized carbons (Fsp3) is 0. The van der Waals surface area contributed by atoms with Crippen LogP contribution in [0.3, 0.4) is 0 Å². The van der Waals surface area contributed by atoms with Crippen molar-refractivity contribution in [3.63, 3.8) is 0 Å². The molecular weight excluding hydrogens is 308 g/mol. The molecule has 0 aliphatic carbocycles. The first-order valence-electron chi connectivity index (χ1n) is 7.05. The Morgan fingerprint density at radius 1 is 1.00 bits per heavy atom. The third-order valence-electron chi connectivity index (χ3n) is 3.00. The van der Waals surface area contributed by atoms with Gasteiger partial charge in [0, 0.05) is 6.20 Å². The van der Waals surface area contributed by atoms with Gasteiger partial charge in [-0.05, 0) is 24.3 Å². The highest BCUT2D eigenvalue weighted by Crippen LogP contribution is 2.28. The minimum absolute atomic E-state index is 0.169. The van der Waals surface area contributed by atoms with Gasteiger partial charge in [0.05, 0.1) is 0 Å². The molecule has 8 heteroatoms. The summed E-state index contributed by atoms with van der Waals surface area (Å²) in [5, 5.41) is 0. The van der Waals surface area contributed by atoms with Crippen LogP contribution in [0.5, 0.6) is 11.6 Å². The smallest absolute Gasteiger partial charge is 0.288 e. The number of benzene rings is 1. The lowest BCUT2D eigenvalue weighted by Crippen LogP contribution is -2.30. The van der Waals surface area contributed by atoms with Gasteiger partial charge in [0.15, 0.2) is 5.82 Å². The number of amides is 1. The number of rotatable bonds is 5. The zero-order valence-corrected chi connectivity index (χ0v) is 12.5. The van der Waals surface area contributed by atoms with Gasteiger partial charge in [-0.3, -0.25) is 20.6 Å². The zero-order chi connectivity index (χ0) is 16.8. The van der Waals surface area contributed by atoms with Crippen LogP contribution in [0.15, 0.2) is 61.1 Å². The molecule has 2 aromatic heterocycles. The van der Waals surface area contributed by atoms with Crippen molar-refractivity contribution in [1.82, 2.24) is 20.4 Å². The van der Waals surface area contributed by atoms with E-state index in [1.54, 1.807) is 30.3 Å². The summed E-state index contributed by atoms with van der Waals surface area (Å²) in [5.74, 6) is 0.580. The lowest BCUT2D eigenvalue weighted by molar-refractivity contribution is 0.0957. The molecule has 0 bridgehead atoms. The minimum atomic E-state index is -0.417. The van der Waals surface area contributed by atoms with Crippen LogP contribution in [0.2, 0.25) is 0 Å². The molecule has 4 N–H and O–H groups in total. The topological polar surface area (TPSA) is 115 Å². The number of carbonyl (C=O) groups is 1. The SMILES string of the molecule is Nc1c(NNC(=O)c2ccccn2)ncnc1Oc1ccccc1. The van der Waals surface area contributed by atoms with E-state index in [1.807, 2.05) is 18.2 Å². The largest absolute Gasteiger partial charge is 0.437 e. The number of anilines is 2. The molecule has 120 valence electrons. The molecule has 0 radical (unpaired) electrons. The second-order valence-electron chi connectivity index (χ2n) is 4.65. The van der Waals surface area contributed by atoms with E-state index in [0.29, 0.717) is 5.75 Å². The summed E-state index contributed by atoms with van der Waals surface area (Å²) in [7, 11) is 0. The summed E-state index contributed by atoms with van der Waals surface area (Å²) in [5.41, 5.74) is 11.5. The van der Waals surface area contributed by atoms with Crippen molar-refractivity contribution < 1.29 is 9.53 Å². The highest BCUT2D eigenvalue weighted by atomic mass is 16.5. The van der Waals surface area contributed by atoms with Gasteiger partial charge >= 0.3 is 0 Å². The number of nitrogens with one attached hydrogen (secondary N) is 2. The van der Waals surface area contributed by atoms with Gasteiger partial charge < -0.3 is 10.5 Å². The van der Waals surface area contributed by atoms with Crippen molar-refractivity contribution in [3.8, 4) is 11.6 Å². The molecule has 0 atom stereocenters. The van der Waals surface area contributed by atoms with E-state index in [0.717, 1.165) is 0 Å². The van der Waals surface area contributed by atoms with E-state index in [2.05, 4.69) is 25.8 Å². The molecule has 0 saturated heterocycles. The Bertz CT molecular complexity index is 826. The number of aromatic nitrogens is 3. The molecular formula is C16H14N6O2. The Morgan fingerprint density at radius 2 is 1.79 bits per heavy atom. The number of nitrogen functional groups attached to an aromatic ring is 1. The summed E-state index contributed by atoms with van der Waals surface area (Å²) in [6.45, 7) is 0. The number of carbonyl (C=O) groups excluding carboxylic acids is 1. The molecule has 1 aromatic carbocycles. The van der Waals surface area contributed by atoms with Crippen LogP contribution in [0.25, 0.3) is 0 Å². The summed E-state index contributed by atoms with van der Waals surface area (Å²) >= 11 is 0. The molecule has 1 amide bonds. The lowest BCUT2D eigenvalue weighted by Gasteiger charge is -2.12. The molecule has 0 fully saturated rings. The molecule has 3 aromatic rings. The Morgan fingerprint density at radius 3 is 2.54 bits per heavy atom. The quantitative estimate of drug-likeness (QED) is 0.615. The average Bonchev–Trinajstić information content (AvgIpc) is 2.64. The van der Waals surface area contributed by atoms with Crippen molar-refractivity contribution in [2.45, 2.75) is 0 Å². The maximum absolute atomic E-state index is 12.0. The monoisotopic (exact) mass is 322 g/mol. The van der Waals surface area contributed by atoms with Crippen molar-refractivity contribution in [2.24, 2.45) is 0 Å². The van der Waals surface area contributed by atoms with Crippen molar-refractivity contribution in [2.75, 3.05) is 11.2 Å². The van der Waals surface area contributed by atoms with Gasteiger partial charge in [-0.1, -0.05) is 24.3 Å². The molecule has 0 aliphatic rings. The third kappa shape index (κ3) is 3.55. The van der Waals surface area contributed by atoms with E-state index in [9.17, 15) is 4.79 Å². The molecule has 24 heavy (non-hydrogen) atoms. The molecule has 0 saturated carbocycles. The summed E-state index contributed by atoms with van der Waals surface area (Å²) in [4.78, 5) is 23.9. The maximum Gasteiger partial charge on any atom is 0.288 e. The van der Waals surface area contributed by atoms with E-state index >= 15 is 0 Å². The molecule has 0 spiro atoms. The third-order valence-corrected chi connectivity index (χ3v) is 3.00. The van der Waals surface area contributed by atoms with E-state index in [1.165, 1.54) is 12.5 Å². The predicted molar refractivity (Wildman–Crippen MR) is 88.3 cm³/mol. The molecule has 0 aliphatic heterocycles. The average molecular weight is 322 g/mol. The Kier molecular flexibility index (Phi) is 4.47. The normalized spacial score (nSPS) is 10.0. The van der Waals surface area contributed by atoms with Crippen molar-refractivity contribution in [1.29, 1.82) is 0 Å². The minimum Gasteiger partial charge on any atom is -0.437 e. The molecule has 2 heterocycles. The fourth-order valence-corrected chi connectivity index (χ4v) is 1.84. The number of para-hydroxylation sites is 1. The van der Waals surface area contributed by atoms with Crippen LogP contribution >= 0.6 is 0 Å². The van der Waals surface area contributed by atoms with Gasteiger partial charge in [-0.15, -0.1) is 0 Å². The summed E-state index contributed by atoms with van der Waals surface area (Å²) in [6.07, 6.45) is 2.81. The Labute approximate surface area is 137 Å². The first-order chi connectivity index (χ1) is 11.7. The van der Waals surface area contributed by atoms with Crippen LogP contribution in [0, 0.1) is 0 Å². The molecule has 8 nitrogen and oxygen atoms in total. The van der Waals surface area contributed by atoms with Crippen LogP contribution in [-0.2, 0) is 0 Å². The van der Waals surface area contributed by atoms with Crippen molar-refractivity contribution >= 4 is 17.4 Å². The Balaban J connectivity index is 1.70. The van der Waals surface area contributed by atoms with Crippen LogP contribution < -0.4 is 21.3 Å². The second-order valence-corrected chi connectivity index (χ2v) is 4.65. The number of hydrogen-bond acceptors (Lipinski definition) is 7. The molecule has 3 rings (SSSR count). The van der Waals surface area contributed by atoms with Crippen LogP contribution in [0.1, 0.15) is 10.5 Å². The maximum atomic E-state index is 12.0. The van der Waals surface area contributed by atoms with Crippen LogP contribution in [-0.4, -0.2) is 20.9 Å². The first-order valence-corrected chi connectivity index (χ1v) is 7.05. The number of nitrogens with zero attached hydrogens (tertiary/aromatic N) is 3. The number of hydrazine groups is 1. The zero-order valence-electron chi connectivity index (χ0n) is 12.5. The van der Waals surface area contributed by atoms with Crippen LogP contribution in [0.4, 0.5) is 11.5 Å². The van der Waals surface area contributed by atoms with Gasteiger partial charge in [0.25, 0.3) is 5.91 Å². The van der Waals surface area contributed by atoms with E-state index in [-0.39, 0.29) is 23.1 Å². The van der Waals surface area contributed by atoms with E-state index < -0.39 is 5.91 Å². The summed E-state index contributed by atoms with van der Waals surface area (Å²) in [6, 6.07) is 14.1.